The van der Waals surface area contributed by atoms with E-state index >= 15 is 0 Å². The monoisotopic (exact) mass is 584 g/mol. The van der Waals surface area contributed by atoms with E-state index in [0.717, 1.165) is 22.3 Å². The van der Waals surface area contributed by atoms with Gasteiger partial charge < -0.3 is 20.5 Å². The van der Waals surface area contributed by atoms with E-state index in [1.165, 1.54) is 12.1 Å². The molecule has 0 unspecified atom stereocenters. The predicted molar refractivity (Wildman–Crippen MR) is 142 cm³/mol. The lowest BCUT2D eigenvalue weighted by Gasteiger charge is -2.20. The third-order valence-electron chi connectivity index (χ3n) is 6.00. The van der Waals surface area contributed by atoms with E-state index in [0.29, 0.717) is 22.1 Å². The van der Waals surface area contributed by atoms with Gasteiger partial charge in [-0.25, -0.2) is 9.59 Å². The molecule has 180 valence electrons. The molecule has 8 heteroatoms. The van der Waals surface area contributed by atoms with Crippen LogP contribution >= 0.6 is 22.6 Å². The fraction of sp³-hybridized carbons (Fsp3) is 0.222. The van der Waals surface area contributed by atoms with Crippen LogP contribution in [0.4, 0.5) is 10.5 Å². The zero-order chi connectivity index (χ0) is 24.9. The molecule has 7 nitrogen and oxygen atoms in total. The Labute approximate surface area is 217 Å². The topological polar surface area (TPSA) is 105 Å². The molecule has 0 radical (unpaired) electrons. The van der Waals surface area contributed by atoms with Gasteiger partial charge in [0, 0.05) is 9.49 Å². The maximum atomic E-state index is 12.9. The summed E-state index contributed by atoms with van der Waals surface area (Å²) in [7, 11) is 0. The lowest BCUT2D eigenvalue weighted by Crippen LogP contribution is -2.44. The molecule has 0 spiro atoms. The molecule has 3 aromatic carbocycles. The Balaban J connectivity index is 1.42. The molecule has 0 aliphatic heterocycles. The minimum Gasteiger partial charge on any atom is -0.478 e. The Hall–Kier alpha value is -3.40. The van der Waals surface area contributed by atoms with Crippen LogP contribution in [-0.4, -0.2) is 35.7 Å². The van der Waals surface area contributed by atoms with Crippen LogP contribution in [0.5, 0.6) is 0 Å². The molecule has 0 heterocycles. The van der Waals surface area contributed by atoms with Crippen molar-refractivity contribution in [2.45, 2.75) is 31.7 Å². The number of benzene rings is 3. The number of hydrogen-bond acceptors (Lipinski definition) is 4. The van der Waals surface area contributed by atoms with Crippen LogP contribution < -0.4 is 10.6 Å². The van der Waals surface area contributed by atoms with Gasteiger partial charge in [-0.05, 0) is 69.5 Å². The molecule has 0 saturated carbocycles. The number of amides is 2. The van der Waals surface area contributed by atoms with Crippen LogP contribution in [0.1, 0.15) is 47.2 Å². The van der Waals surface area contributed by atoms with Gasteiger partial charge >= 0.3 is 12.1 Å². The maximum absolute atomic E-state index is 12.9. The zero-order valence-electron chi connectivity index (χ0n) is 19.1. The van der Waals surface area contributed by atoms with E-state index in [-0.39, 0.29) is 18.1 Å². The number of alkyl carbamates (subject to hydrolysis) is 1. The number of fused-ring (bicyclic) bond motifs is 3. The van der Waals surface area contributed by atoms with Crippen LogP contribution in [0, 0.1) is 3.57 Å². The largest absolute Gasteiger partial charge is 0.478 e. The van der Waals surface area contributed by atoms with Gasteiger partial charge in [0.25, 0.3) is 0 Å². The summed E-state index contributed by atoms with van der Waals surface area (Å²) in [5, 5.41) is 14.6. The van der Waals surface area contributed by atoms with Crippen molar-refractivity contribution < 1.29 is 24.2 Å². The molecule has 0 bridgehead atoms. The number of carboxylic acids is 1. The summed E-state index contributed by atoms with van der Waals surface area (Å²) in [5.41, 5.74) is 4.94. The summed E-state index contributed by atoms with van der Waals surface area (Å²) in [6, 6.07) is 19.8. The Bertz CT molecular complexity index is 1230. The number of carboxylic acid groups (broad SMARTS) is 1. The van der Waals surface area contributed by atoms with E-state index in [2.05, 4.69) is 22.8 Å². The fourth-order valence-corrected chi connectivity index (χ4v) is 4.78. The molecule has 1 atom stereocenters. The van der Waals surface area contributed by atoms with E-state index in [1.54, 1.807) is 6.07 Å². The van der Waals surface area contributed by atoms with Crippen LogP contribution in [0.15, 0.2) is 66.7 Å². The molecule has 0 fully saturated rings. The van der Waals surface area contributed by atoms with Gasteiger partial charge in [0.05, 0.1) is 11.3 Å². The second-order valence-electron chi connectivity index (χ2n) is 8.30. The van der Waals surface area contributed by atoms with Crippen LogP contribution in [-0.2, 0) is 9.53 Å². The van der Waals surface area contributed by atoms with Crippen molar-refractivity contribution in [1.29, 1.82) is 0 Å². The number of anilines is 1. The van der Waals surface area contributed by atoms with Crippen LogP contribution in [0.25, 0.3) is 11.1 Å². The normalized spacial score (nSPS) is 12.9. The number of aromatic carboxylic acids is 1. The number of carbonyl (C=O) groups excluding carboxylic acids is 2. The predicted octanol–water partition coefficient (Wildman–Crippen LogP) is 5.64. The molecular formula is C27H25IN2O5. The van der Waals surface area contributed by atoms with Gasteiger partial charge in [0.2, 0.25) is 5.91 Å². The highest BCUT2D eigenvalue weighted by atomic mass is 127. The molecule has 35 heavy (non-hydrogen) atoms. The number of hydrogen-bond donors (Lipinski definition) is 3. The minimum absolute atomic E-state index is 0.0669. The molecule has 3 aromatic rings. The van der Waals surface area contributed by atoms with Crippen molar-refractivity contribution in [2.75, 3.05) is 11.9 Å². The van der Waals surface area contributed by atoms with E-state index in [4.69, 9.17) is 4.74 Å². The van der Waals surface area contributed by atoms with Crippen molar-refractivity contribution in [1.82, 2.24) is 5.32 Å². The van der Waals surface area contributed by atoms with Crippen molar-refractivity contribution in [2.24, 2.45) is 0 Å². The summed E-state index contributed by atoms with van der Waals surface area (Å²) in [4.78, 5) is 36.9. The first-order chi connectivity index (χ1) is 16.9. The first kappa shape index (κ1) is 24.7. The number of rotatable bonds is 8. The van der Waals surface area contributed by atoms with Crippen LogP contribution in [0.3, 0.4) is 0 Å². The van der Waals surface area contributed by atoms with E-state index < -0.39 is 24.0 Å². The number of carbonyl (C=O) groups is 3. The van der Waals surface area contributed by atoms with Crippen molar-refractivity contribution >= 4 is 46.2 Å². The average molecular weight is 584 g/mol. The zero-order valence-corrected chi connectivity index (χ0v) is 21.2. The van der Waals surface area contributed by atoms with Gasteiger partial charge in [-0.2, -0.15) is 0 Å². The highest BCUT2D eigenvalue weighted by Gasteiger charge is 2.29. The molecule has 0 saturated heterocycles. The van der Waals surface area contributed by atoms with Crippen molar-refractivity contribution in [3.8, 4) is 11.1 Å². The molecule has 1 aliphatic rings. The van der Waals surface area contributed by atoms with Gasteiger partial charge in [-0.15, -0.1) is 0 Å². The average Bonchev–Trinajstić information content (AvgIpc) is 3.17. The molecule has 4 rings (SSSR count). The molecular weight excluding hydrogens is 559 g/mol. The lowest BCUT2D eigenvalue weighted by molar-refractivity contribution is -0.118. The summed E-state index contributed by atoms with van der Waals surface area (Å²) in [6.45, 7) is 2.06. The standard InChI is InChI=1S/C27H25IN2O5/c1-2-7-23(25(31)29-24-14-16(26(32)33)12-13-22(24)28)30-27(34)35-15-21-19-10-5-3-8-17(19)18-9-4-6-11-20(18)21/h3-6,8-14,21,23H,2,7,15H2,1H3,(H,29,31)(H,30,34)(H,32,33)/t23-/m0/s1. The first-order valence-electron chi connectivity index (χ1n) is 11.3. The third-order valence-corrected chi connectivity index (χ3v) is 6.94. The Morgan fingerprint density at radius 1 is 1.00 bits per heavy atom. The maximum Gasteiger partial charge on any atom is 0.407 e. The fourth-order valence-electron chi connectivity index (χ4n) is 4.31. The summed E-state index contributed by atoms with van der Waals surface area (Å²) in [6.07, 6.45) is 0.397. The Morgan fingerprint density at radius 3 is 2.23 bits per heavy atom. The molecule has 2 amide bonds. The first-order valence-corrected chi connectivity index (χ1v) is 12.4. The Kier molecular flexibility index (Phi) is 7.70. The highest BCUT2D eigenvalue weighted by Crippen LogP contribution is 2.44. The lowest BCUT2D eigenvalue weighted by atomic mass is 9.98. The van der Waals surface area contributed by atoms with E-state index in [1.807, 2.05) is 65.9 Å². The van der Waals surface area contributed by atoms with Crippen LogP contribution in [0.2, 0.25) is 0 Å². The molecule has 0 aromatic heterocycles. The number of halogens is 1. The van der Waals surface area contributed by atoms with Gasteiger partial charge in [0.1, 0.15) is 12.6 Å². The number of nitrogens with one attached hydrogen (secondary N) is 2. The number of ether oxygens (including phenoxy) is 1. The summed E-state index contributed by atoms with van der Waals surface area (Å²) in [5.74, 6) is -1.59. The summed E-state index contributed by atoms with van der Waals surface area (Å²) < 4.78 is 6.27. The molecule has 3 N–H and O–H groups in total. The minimum atomic E-state index is -1.08. The van der Waals surface area contributed by atoms with Crippen molar-refractivity contribution in [3.05, 3.63) is 87.0 Å². The third kappa shape index (κ3) is 5.48. The summed E-state index contributed by atoms with van der Waals surface area (Å²) >= 11 is 2.02. The molecule has 1 aliphatic carbocycles. The Morgan fingerprint density at radius 2 is 1.63 bits per heavy atom. The van der Waals surface area contributed by atoms with Gasteiger partial charge in [-0.3, -0.25) is 4.79 Å². The highest BCUT2D eigenvalue weighted by molar-refractivity contribution is 14.1. The second kappa shape index (κ2) is 10.9. The van der Waals surface area contributed by atoms with Gasteiger partial charge in [-0.1, -0.05) is 61.9 Å². The van der Waals surface area contributed by atoms with E-state index in [9.17, 15) is 19.5 Å². The smallest absolute Gasteiger partial charge is 0.407 e. The van der Waals surface area contributed by atoms with Crippen molar-refractivity contribution in [3.63, 3.8) is 0 Å². The quantitative estimate of drug-likeness (QED) is 0.298. The van der Waals surface area contributed by atoms with Gasteiger partial charge in [0.15, 0.2) is 0 Å². The SMILES string of the molecule is CCC[C@H](NC(=O)OCC1c2ccccc2-c2ccccc21)C(=O)Nc1cc(C(=O)O)ccc1I. The second-order valence-corrected chi connectivity index (χ2v) is 9.46.